The van der Waals surface area contributed by atoms with Crippen LogP contribution in [0.25, 0.3) is 0 Å². The van der Waals surface area contributed by atoms with Crippen LogP contribution in [0.1, 0.15) is 28.7 Å². The van der Waals surface area contributed by atoms with Crippen molar-refractivity contribution in [3.63, 3.8) is 0 Å². The zero-order valence-corrected chi connectivity index (χ0v) is 10.7. The average Bonchev–Trinajstić information content (AvgIpc) is 2.68. The quantitative estimate of drug-likeness (QED) is 0.870. The number of hydrogen-bond donors (Lipinski definition) is 2. The maximum atomic E-state index is 10.9. The summed E-state index contributed by atoms with van der Waals surface area (Å²) in [4.78, 5) is 19.9. The van der Waals surface area contributed by atoms with Gasteiger partial charge in [0.25, 0.3) is 0 Å². The fraction of sp³-hybridized carbons (Fsp3) is 0.222. The molecule has 0 fully saturated rings. The van der Waals surface area contributed by atoms with Gasteiger partial charge in [0, 0.05) is 6.42 Å². The van der Waals surface area contributed by atoms with Crippen molar-refractivity contribution < 1.29 is 14.7 Å². The Hall–Kier alpha value is -1.34. The van der Waals surface area contributed by atoms with E-state index in [1.165, 1.54) is 6.07 Å². The number of hydrogen-bond acceptors (Lipinski definition) is 5. The first-order valence-corrected chi connectivity index (χ1v) is 5.73. The molecule has 0 bridgehead atoms. The molecule has 1 aromatic rings. The largest absolute Gasteiger partial charge is 0.476 e. The van der Waals surface area contributed by atoms with E-state index in [2.05, 4.69) is 26.1 Å². The molecule has 8 heteroatoms. The summed E-state index contributed by atoms with van der Waals surface area (Å²) < 4.78 is 0.634. The van der Waals surface area contributed by atoms with E-state index in [1.54, 1.807) is 0 Å². The van der Waals surface area contributed by atoms with E-state index >= 15 is 0 Å². The second-order valence-corrected chi connectivity index (χ2v) is 4.66. The Morgan fingerprint density at radius 1 is 1.71 bits per heavy atom. The van der Waals surface area contributed by atoms with E-state index < -0.39 is 12.1 Å². The molecule has 1 atom stereocenters. The van der Waals surface area contributed by atoms with Crippen LogP contribution in [0.5, 0.6) is 0 Å². The fourth-order valence-electron chi connectivity index (χ4n) is 1.38. The SMILES string of the molecule is Nc1cc(C2CC(Br)=NO2)nc(C(=O)O)c1Cl. The fourth-order valence-corrected chi connectivity index (χ4v) is 1.94. The monoisotopic (exact) mass is 319 g/mol. The molecule has 2 rings (SSSR count). The lowest BCUT2D eigenvalue weighted by Gasteiger charge is -2.10. The third-order valence-corrected chi connectivity index (χ3v) is 3.04. The molecule has 0 radical (unpaired) electrons. The Balaban J connectivity index is 2.40. The number of nitrogen functional groups attached to an aromatic ring is 1. The first kappa shape index (κ1) is 12.1. The van der Waals surface area contributed by atoms with Gasteiger partial charge in [-0.2, -0.15) is 0 Å². The molecule has 3 N–H and O–H groups in total. The van der Waals surface area contributed by atoms with Gasteiger partial charge in [-0.25, -0.2) is 9.78 Å². The summed E-state index contributed by atoms with van der Waals surface area (Å²) in [5, 5.41) is 12.6. The minimum Gasteiger partial charge on any atom is -0.476 e. The number of pyridine rings is 1. The molecule has 90 valence electrons. The van der Waals surface area contributed by atoms with Crippen LogP contribution < -0.4 is 5.73 Å². The van der Waals surface area contributed by atoms with Crippen molar-refractivity contribution in [3.8, 4) is 0 Å². The van der Waals surface area contributed by atoms with Gasteiger partial charge in [0.05, 0.1) is 16.4 Å². The summed E-state index contributed by atoms with van der Waals surface area (Å²) in [5.74, 6) is -1.23. The van der Waals surface area contributed by atoms with Crippen LogP contribution in [0.3, 0.4) is 0 Å². The highest BCUT2D eigenvalue weighted by atomic mass is 79.9. The molecule has 0 spiro atoms. The van der Waals surface area contributed by atoms with Crippen LogP contribution in [0.4, 0.5) is 5.69 Å². The zero-order valence-electron chi connectivity index (χ0n) is 8.35. The van der Waals surface area contributed by atoms with Gasteiger partial charge >= 0.3 is 5.97 Å². The molecule has 0 aromatic carbocycles. The highest BCUT2D eigenvalue weighted by Gasteiger charge is 2.25. The molecule has 1 aliphatic rings. The number of carboxylic acid groups (broad SMARTS) is 1. The van der Waals surface area contributed by atoms with Gasteiger partial charge in [0.1, 0.15) is 4.62 Å². The molecule has 1 unspecified atom stereocenters. The standard InChI is InChI=1S/C9H7BrClN3O3/c10-6-2-5(17-14-6)4-1-3(12)7(11)8(13-4)9(15)16/h1,5H,2H2,(H2,12,13)(H,15,16). The van der Waals surface area contributed by atoms with Crippen molar-refractivity contribution >= 4 is 43.8 Å². The van der Waals surface area contributed by atoms with Gasteiger partial charge < -0.3 is 15.7 Å². The lowest BCUT2D eigenvalue weighted by Crippen LogP contribution is -2.09. The van der Waals surface area contributed by atoms with E-state index in [-0.39, 0.29) is 16.4 Å². The van der Waals surface area contributed by atoms with Crippen molar-refractivity contribution in [2.45, 2.75) is 12.5 Å². The number of oxime groups is 1. The molecular formula is C9H7BrClN3O3. The van der Waals surface area contributed by atoms with Gasteiger partial charge in [0.2, 0.25) is 0 Å². The minimum absolute atomic E-state index is 0.0702. The second-order valence-electron chi connectivity index (χ2n) is 3.37. The molecule has 17 heavy (non-hydrogen) atoms. The van der Waals surface area contributed by atoms with E-state index in [1.807, 2.05) is 0 Å². The number of nitrogens with zero attached hydrogens (tertiary/aromatic N) is 2. The molecule has 0 aliphatic carbocycles. The van der Waals surface area contributed by atoms with Crippen LogP contribution in [-0.4, -0.2) is 20.7 Å². The number of nitrogens with two attached hydrogens (primary N) is 1. The highest BCUT2D eigenvalue weighted by molar-refractivity contribution is 9.18. The molecule has 0 saturated heterocycles. The van der Waals surface area contributed by atoms with Crippen LogP contribution in [0.15, 0.2) is 11.2 Å². The van der Waals surface area contributed by atoms with Crippen LogP contribution in [0, 0.1) is 0 Å². The van der Waals surface area contributed by atoms with Gasteiger partial charge in [-0.15, -0.1) is 0 Å². The van der Waals surface area contributed by atoms with E-state index in [9.17, 15) is 4.79 Å². The summed E-state index contributed by atoms with van der Waals surface area (Å²) in [6.45, 7) is 0. The topological polar surface area (TPSA) is 97.8 Å². The van der Waals surface area contributed by atoms with Gasteiger partial charge in [-0.1, -0.05) is 16.8 Å². The summed E-state index contributed by atoms with van der Waals surface area (Å²) in [6, 6.07) is 1.49. The number of aromatic nitrogens is 1. The number of halogens is 2. The maximum absolute atomic E-state index is 10.9. The zero-order chi connectivity index (χ0) is 12.6. The number of anilines is 1. The van der Waals surface area contributed by atoms with Crippen LogP contribution in [0.2, 0.25) is 5.02 Å². The van der Waals surface area contributed by atoms with Gasteiger partial charge in [-0.3, -0.25) is 0 Å². The summed E-state index contributed by atoms with van der Waals surface area (Å²) >= 11 is 8.93. The predicted molar refractivity (Wildman–Crippen MR) is 65.4 cm³/mol. The Morgan fingerprint density at radius 3 is 2.94 bits per heavy atom. The number of carboxylic acids is 1. The smallest absolute Gasteiger partial charge is 0.356 e. The first-order valence-electron chi connectivity index (χ1n) is 4.56. The summed E-state index contributed by atoms with van der Waals surface area (Å²) in [7, 11) is 0. The molecule has 6 nitrogen and oxygen atoms in total. The third-order valence-electron chi connectivity index (χ3n) is 2.17. The second kappa shape index (κ2) is 4.50. The Morgan fingerprint density at radius 2 is 2.41 bits per heavy atom. The van der Waals surface area contributed by atoms with E-state index in [4.69, 9.17) is 27.3 Å². The molecule has 1 aliphatic heterocycles. The van der Waals surface area contributed by atoms with E-state index in [0.29, 0.717) is 16.7 Å². The molecule has 2 heterocycles. The highest BCUT2D eigenvalue weighted by Crippen LogP contribution is 2.32. The van der Waals surface area contributed by atoms with Crippen molar-refractivity contribution in [1.29, 1.82) is 0 Å². The average molecular weight is 321 g/mol. The van der Waals surface area contributed by atoms with Crippen LogP contribution in [-0.2, 0) is 4.84 Å². The van der Waals surface area contributed by atoms with Crippen molar-refractivity contribution in [2.75, 3.05) is 5.73 Å². The minimum atomic E-state index is -1.23. The Kier molecular flexibility index (Phi) is 3.21. The number of rotatable bonds is 2. The lowest BCUT2D eigenvalue weighted by atomic mass is 10.1. The first-order chi connectivity index (χ1) is 7.99. The molecule has 0 amide bonds. The van der Waals surface area contributed by atoms with E-state index in [0.717, 1.165) is 0 Å². The summed E-state index contributed by atoms with van der Waals surface area (Å²) in [5.41, 5.74) is 5.88. The Labute approximate surface area is 110 Å². The third kappa shape index (κ3) is 2.34. The number of aromatic carboxylic acids is 1. The van der Waals surface area contributed by atoms with Gasteiger partial charge in [-0.05, 0) is 22.0 Å². The van der Waals surface area contributed by atoms with Crippen molar-refractivity contribution in [2.24, 2.45) is 5.16 Å². The predicted octanol–water partition coefficient (Wildman–Crippen LogP) is 2.19. The molecule has 0 saturated carbocycles. The van der Waals surface area contributed by atoms with Crippen molar-refractivity contribution in [1.82, 2.24) is 4.98 Å². The molecule has 1 aromatic heterocycles. The summed E-state index contributed by atoms with van der Waals surface area (Å²) in [6.07, 6.45) is 0.0367. The lowest BCUT2D eigenvalue weighted by molar-refractivity contribution is 0.0683. The Bertz CT molecular complexity index is 520. The van der Waals surface area contributed by atoms with Crippen LogP contribution >= 0.6 is 27.5 Å². The normalized spacial score (nSPS) is 18.7. The van der Waals surface area contributed by atoms with Gasteiger partial charge in [0.15, 0.2) is 11.8 Å². The number of carbonyl (C=O) groups is 1. The van der Waals surface area contributed by atoms with Crippen molar-refractivity contribution in [3.05, 3.63) is 22.5 Å². The maximum Gasteiger partial charge on any atom is 0.356 e. The molecular weight excluding hydrogens is 313 g/mol.